The Kier molecular flexibility index (Phi) is 5.85. The van der Waals surface area contributed by atoms with Crippen molar-refractivity contribution in [1.29, 1.82) is 0 Å². The number of benzene rings is 2. The maximum absolute atomic E-state index is 13.5. The van der Waals surface area contributed by atoms with Gasteiger partial charge in [-0.3, -0.25) is 14.5 Å². The number of Topliss-reactive ketones (excluding diaryl/α,β-unsaturated/α-hetero) is 1. The highest BCUT2D eigenvalue weighted by Gasteiger charge is 2.45. The van der Waals surface area contributed by atoms with E-state index in [9.17, 15) is 14.7 Å². The number of ketones is 1. The SMILES string of the molecule is Cc1ccc(C(=O)C2=C(O)C(=O)N(c3ccc(Cl)cn3)C2c2ccc(C(C)C)cc2)cc1. The van der Waals surface area contributed by atoms with Crippen molar-refractivity contribution in [2.75, 3.05) is 4.90 Å². The van der Waals surface area contributed by atoms with Gasteiger partial charge in [0.25, 0.3) is 5.91 Å². The molecule has 1 unspecified atom stereocenters. The van der Waals surface area contributed by atoms with Crippen molar-refractivity contribution in [3.05, 3.63) is 105 Å². The first-order chi connectivity index (χ1) is 15.3. The zero-order valence-corrected chi connectivity index (χ0v) is 18.8. The number of amides is 1. The van der Waals surface area contributed by atoms with Crippen LogP contribution in [0.3, 0.4) is 0 Å². The number of halogens is 1. The van der Waals surface area contributed by atoms with Gasteiger partial charge in [-0.2, -0.15) is 0 Å². The van der Waals surface area contributed by atoms with Crippen LogP contribution in [0, 0.1) is 6.92 Å². The normalized spacial score (nSPS) is 16.2. The van der Waals surface area contributed by atoms with Crippen LogP contribution < -0.4 is 4.90 Å². The van der Waals surface area contributed by atoms with E-state index < -0.39 is 23.5 Å². The van der Waals surface area contributed by atoms with Crippen molar-refractivity contribution in [1.82, 2.24) is 4.98 Å². The zero-order valence-electron chi connectivity index (χ0n) is 18.0. The smallest absolute Gasteiger partial charge is 0.295 e. The first-order valence-corrected chi connectivity index (χ1v) is 10.7. The Labute approximate surface area is 192 Å². The number of carbonyl (C=O) groups excluding carboxylic acids is 2. The molecule has 0 saturated carbocycles. The minimum absolute atomic E-state index is 0.0351. The summed E-state index contributed by atoms with van der Waals surface area (Å²) >= 11 is 5.98. The fourth-order valence-corrected chi connectivity index (χ4v) is 3.93. The molecule has 0 fully saturated rings. The molecule has 1 amide bonds. The van der Waals surface area contributed by atoms with Crippen LogP contribution in [-0.2, 0) is 4.79 Å². The Hall–Kier alpha value is -3.44. The van der Waals surface area contributed by atoms with Crippen molar-refractivity contribution in [2.45, 2.75) is 32.7 Å². The molecule has 1 aromatic heterocycles. The fourth-order valence-electron chi connectivity index (χ4n) is 3.82. The molecule has 5 nitrogen and oxygen atoms in total. The van der Waals surface area contributed by atoms with Crippen molar-refractivity contribution in [2.24, 2.45) is 0 Å². The molecular weight excluding hydrogens is 424 g/mol. The molecule has 4 rings (SSSR count). The Balaban J connectivity index is 1.85. The third kappa shape index (κ3) is 3.92. The van der Waals surface area contributed by atoms with Crippen LogP contribution in [0.1, 0.15) is 52.9 Å². The number of hydrogen-bond donors (Lipinski definition) is 1. The van der Waals surface area contributed by atoms with Gasteiger partial charge in [0.15, 0.2) is 11.5 Å². The lowest BCUT2D eigenvalue weighted by atomic mass is 9.91. The zero-order chi connectivity index (χ0) is 23.0. The Morgan fingerprint density at radius 3 is 2.25 bits per heavy atom. The number of aromatic nitrogens is 1. The molecule has 32 heavy (non-hydrogen) atoms. The molecular formula is C26H23ClN2O3. The molecule has 6 heteroatoms. The quantitative estimate of drug-likeness (QED) is 0.491. The molecule has 1 atom stereocenters. The van der Waals surface area contributed by atoms with Gasteiger partial charge >= 0.3 is 0 Å². The van der Waals surface area contributed by atoms with Crippen LogP contribution >= 0.6 is 11.6 Å². The van der Waals surface area contributed by atoms with Gasteiger partial charge in [-0.25, -0.2) is 4.98 Å². The summed E-state index contributed by atoms with van der Waals surface area (Å²) in [6, 6.07) is 17.2. The summed E-state index contributed by atoms with van der Waals surface area (Å²) in [4.78, 5) is 32.2. The topological polar surface area (TPSA) is 70.5 Å². The average Bonchev–Trinajstić information content (AvgIpc) is 3.05. The highest BCUT2D eigenvalue weighted by Crippen LogP contribution is 2.41. The third-order valence-electron chi connectivity index (χ3n) is 5.64. The first-order valence-electron chi connectivity index (χ1n) is 10.4. The second-order valence-corrected chi connectivity index (χ2v) is 8.63. The molecule has 2 aromatic carbocycles. The first kappa shape index (κ1) is 21.8. The number of anilines is 1. The monoisotopic (exact) mass is 446 g/mol. The molecule has 162 valence electrons. The van der Waals surface area contributed by atoms with Gasteiger partial charge in [0.2, 0.25) is 0 Å². The maximum atomic E-state index is 13.5. The number of carbonyl (C=O) groups is 2. The molecule has 1 N–H and O–H groups in total. The minimum atomic E-state index is -0.814. The number of rotatable bonds is 5. The number of aliphatic hydroxyl groups is 1. The van der Waals surface area contributed by atoms with Gasteiger partial charge in [0.1, 0.15) is 5.82 Å². The van der Waals surface area contributed by atoms with Crippen molar-refractivity contribution in [3.8, 4) is 0 Å². The summed E-state index contributed by atoms with van der Waals surface area (Å²) in [5.74, 6) is -1.000. The van der Waals surface area contributed by atoms with Crippen LogP contribution in [0.15, 0.2) is 78.2 Å². The van der Waals surface area contributed by atoms with E-state index in [0.717, 1.165) is 11.1 Å². The van der Waals surface area contributed by atoms with Crippen LogP contribution in [0.2, 0.25) is 5.02 Å². The van der Waals surface area contributed by atoms with E-state index in [1.165, 1.54) is 11.1 Å². The Morgan fingerprint density at radius 1 is 1.03 bits per heavy atom. The molecule has 0 spiro atoms. The summed E-state index contributed by atoms with van der Waals surface area (Å²) in [5.41, 5.74) is 3.29. The highest BCUT2D eigenvalue weighted by atomic mass is 35.5. The lowest BCUT2D eigenvalue weighted by Gasteiger charge is -2.26. The standard InChI is InChI=1S/C26H23ClN2O3/c1-15(2)17-8-10-18(11-9-17)23-22(24(30)19-6-4-16(3)5-7-19)25(31)26(32)29(23)21-13-12-20(27)14-28-21/h4-15,23,31H,1-3H3. The van der Waals surface area contributed by atoms with E-state index in [4.69, 9.17) is 11.6 Å². The average molecular weight is 447 g/mol. The lowest BCUT2D eigenvalue weighted by Crippen LogP contribution is -2.31. The van der Waals surface area contributed by atoms with Gasteiger partial charge in [-0.15, -0.1) is 0 Å². The van der Waals surface area contributed by atoms with Gasteiger partial charge in [0, 0.05) is 11.8 Å². The van der Waals surface area contributed by atoms with Crippen LogP contribution in [0.5, 0.6) is 0 Å². The molecule has 0 bridgehead atoms. The molecule has 3 aromatic rings. The fraction of sp³-hybridized carbons (Fsp3) is 0.192. The van der Waals surface area contributed by atoms with Crippen molar-refractivity contribution < 1.29 is 14.7 Å². The van der Waals surface area contributed by atoms with E-state index in [0.29, 0.717) is 27.9 Å². The van der Waals surface area contributed by atoms with Crippen molar-refractivity contribution >= 4 is 29.1 Å². The maximum Gasteiger partial charge on any atom is 0.295 e. The highest BCUT2D eigenvalue weighted by molar-refractivity contribution is 6.30. The Morgan fingerprint density at radius 2 is 1.69 bits per heavy atom. The predicted octanol–water partition coefficient (Wildman–Crippen LogP) is 5.95. The van der Waals surface area contributed by atoms with Crippen LogP contribution in [0.4, 0.5) is 5.82 Å². The van der Waals surface area contributed by atoms with E-state index >= 15 is 0 Å². The van der Waals surface area contributed by atoms with Gasteiger partial charge < -0.3 is 5.11 Å². The lowest BCUT2D eigenvalue weighted by molar-refractivity contribution is -0.117. The molecule has 0 aliphatic carbocycles. The third-order valence-corrected chi connectivity index (χ3v) is 5.87. The minimum Gasteiger partial charge on any atom is -0.503 e. The summed E-state index contributed by atoms with van der Waals surface area (Å²) in [6.45, 7) is 6.11. The second kappa shape index (κ2) is 8.60. The largest absolute Gasteiger partial charge is 0.503 e. The van der Waals surface area contributed by atoms with Crippen LogP contribution in [0.25, 0.3) is 0 Å². The van der Waals surface area contributed by atoms with E-state index in [1.54, 1.807) is 24.3 Å². The summed E-state index contributed by atoms with van der Waals surface area (Å²) in [5, 5.41) is 11.2. The summed E-state index contributed by atoms with van der Waals surface area (Å²) in [7, 11) is 0. The summed E-state index contributed by atoms with van der Waals surface area (Å²) < 4.78 is 0. The Bertz CT molecular complexity index is 1200. The summed E-state index contributed by atoms with van der Waals surface area (Å²) in [6.07, 6.45) is 1.43. The van der Waals surface area contributed by atoms with Gasteiger partial charge in [-0.1, -0.05) is 79.5 Å². The second-order valence-electron chi connectivity index (χ2n) is 8.19. The number of nitrogens with zero attached hydrogens (tertiary/aromatic N) is 2. The van der Waals surface area contributed by atoms with E-state index in [-0.39, 0.29) is 5.57 Å². The molecule has 0 radical (unpaired) electrons. The molecule has 0 saturated heterocycles. The van der Waals surface area contributed by atoms with Gasteiger partial charge in [-0.05, 0) is 36.1 Å². The molecule has 2 heterocycles. The predicted molar refractivity (Wildman–Crippen MR) is 125 cm³/mol. The number of aliphatic hydroxyl groups excluding tert-OH is 1. The number of hydrogen-bond acceptors (Lipinski definition) is 4. The van der Waals surface area contributed by atoms with E-state index in [2.05, 4.69) is 18.8 Å². The van der Waals surface area contributed by atoms with Crippen molar-refractivity contribution in [3.63, 3.8) is 0 Å². The molecule has 1 aliphatic heterocycles. The number of pyridine rings is 1. The van der Waals surface area contributed by atoms with E-state index in [1.807, 2.05) is 43.3 Å². The molecule has 1 aliphatic rings. The van der Waals surface area contributed by atoms with Gasteiger partial charge in [0.05, 0.1) is 16.6 Å². The van der Waals surface area contributed by atoms with Crippen LogP contribution in [-0.4, -0.2) is 21.8 Å². The number of aryl methyl sites for hydroxylation is 1.